The lowest BCUT2D eigenvalue weighted by atomic mass is 10.4. The molecule has 110 valence electrons. The summed E-state index contributed by atoms with van der Waals surface area (Å²) in [5.74, 6) is 2.53. The van der Waals surface area contributed by atoms with E-state index in [1.807, 2.05) is 0 Å². The first-order chi connectivity index (χ1) is 10.9. The van der Waals surface area contributed by atoms with Crippen molar-refractivity contribution in [3.8, 4) is 0 Å². The highest BCUT2D eigenvalue weighted by molar-refractivity contribution is 7.94. The second-order valence-electron chi connectivity index (χ2n) is 5.32. The average molecular weight is 304 g/mol. The fourth-order valence-corrected chi connectivity index (χ4v) is 7.03. The summed E-state index contributed by atoms with van der Waals surface area (Å²) in [4.78, 5) is 0. The van der Waals surface area contributed by atoms with Crippen molar-refractivity contribution < 1.29 is 0 Å². The van der Waals surface area contributed by atoms with Crippen LogP contribution in [0.25, 0.3) is 0 Å². The topological polar surface area (TPSA) is 0 Å². The Hall–Kier alpha value is -2.04. The van der Waals surface area contributed by atoms with Crippen LogP contribution in [0.3, 0.4) is 0 Å². The molecule has 1 heteroatoms. The number of rotatable bonds is 4. The second-order valence-corrected chi connectivity index (χ2v) is 8.68. The zero-order valence-corrected chi connectivity index (χ0v) is 13.8. The van der Waals surface area contributed by atoms with Gasteiger partial charge in [0, 0.05) is 0 Å². The molecule has 0 bridgehead atoms. The van der Waals surface area contributed by atoms with Crippen molar-refractivity contribution in [3.05, 3.63) is 91.0 Å². The molecule has 3 rings (SSSR count). The fraction of sp³-hybridized carbons (Fsp3) is 0.0952. The third-order valence-electron chi connectivity index (χ3n) is 3.95. The van der Waals surface area contributed by atoms with Crippen LogP contribution in [-0.2, 0) is 0 Å². The molecule has 3 aromatic rings. The van der Waals surface area contributed by atoms with E-state index in [0.717, 1.165) is 6.42 Å². The van der Waals surface area contributed by atoms with Crippen LogP contribution in [0.15, 0.2) is 91.0 Å². The summed E-state index contributed by atoms with van der Waals surface area (Å²) in [7, 11) is 0. The summed E-state index contributed by atoms with van der Waals surface area (Å²) >= 11 is 0. The van der Waals surface area contributed by atoms with Gasteiger partial charge < -0.3 is 0 Å². The third kappa shape index (κ3) is 2.67. The van der Waals surface area contributed by atoms with Crippen molar-refractivity contribution in [2.75, 3.05) is 0 Å². The van der Waals surface area contributed by atoms with Crippen LogP contribution >= 0.6 is 6.89 Å². The minimum Gasteiger partial charge on any atom is -0.0745 e. The van der Waals surface area contributed by atoms with E-state index in [4.69, 9.17) is 0 Å². The highest BCUT2D eigenvalue weighted by Gasteiger charge is 2.23. The summed E-state index contributed by atoms with van der Waals surface area (Å²) in [6.45, 7) is 0.561. The van der Waals surface area contributed by atoms with Crippen LogP contribution in [0, 0.1) is 0 Å². The van der Waals surface area contributed by atoms with Crippen molar-refractivity contribution in [3.63, 3.8) is 0 Å². The fourth-order valence-electron chi connectivity index (χ4n) is 3.03. The lowest BCUT2D eigenvalue weighted by Crippen LogP contribution is -2.26. The van der Waals surface area contributed by atoms with Crippen LogP contribution in [0.1, 0.15) is 13.3 Å². The molecule has 0 aliphatic carbocycles. The molecule has 0 saturated heterocycles. The summed E-state index contributed by atoms with van der Waals surface area (Å²) in [5.41, 5.74) is 0. The minimum absolute atomic E-state index is 1.06. The standard InChI is InChI=1S/C21H21P/c1-2-18-22(19-12-6-3-7-13-19,20-14-8-4-9-15-20)21-16-10-5-11-17-21/h3-18H,2H2,1H3. The van der Waals surface area contributed by atoms with Crippen molar-refractivity contribution in [1.29, 1.82) is 0 Å². The van der Waals surface area contributed by atoms with Gasteiger partial charge in [-0.2, -0.15) is 0 Å². The average Bonchev–Trinajstić information content (AvgIpc) is 2.62. The van der Waals surface area contributed by atoms with Gasteiger partial charge in [-0.1, -0.05) is 104 Å². The Morgan fingerprint density at radius 3 is 1.18 bits per heavy atom. The highest BCUT2D eigenvalue weighted by Crippen LogP contribution is 2.43. The summed E-state index contributed by atoms with van der Waals surface area (Å²) in [5, 5.41) is 4.28. The van der Waals surface area contributed by atoms with Gasteiger partial charge in [-0.15, -0.1) is 0 Å². The predicted molar refractivity (Wildman–Crippen MR) is 102 cm³/mol. The van der Waals surface area contributed by atoms with Gasteiger partial charge in [-0.3, -0.25) is 0 Å². The predicted octanol–water partition coefficient (Wildman–Crippen LogP) is 4.19. The molecule has 0 N–H and O–H groups in total. The third-order valence-corrected chi connectivity index (χ3v) is 8.20. The van der Waals surface area contributed by atoms with E-state index < -0.39 is 6.89 Å². The van der Waals surface area contributed by atoms with E-state index >= 15 is 0 Å². The highest BCUT2D eigenvalue weighted by atomic mass is 31.2. The molecule has 0 radical (unpaired) electrons. The smallest absolute Gasteiger partial charge is 0.0163 e. The molecule has 0 heterocycles. The van der Waals surface area contributed by atoms with Crippen molar-refractivity contribution in [2.45, 2.75) is 13.3 Å². The summed E-state index contributed by atoms with van der Waals surface area (Å²) < 4.78 is 0. The van der Waals surface area contributed by atoms with Gasteiger partial charge in [0.25, 0.3) is 0 Å². The first-order valence-electron chi connectivity index (χ1n) is 7.78. The molecule has 0 fully saturated rings. The van der Waals surface area contributed by atoms with E-state index in [-0.39, 0.29) is 0 Å². The lowest BCUT2D eigenvalue weighted by Gasteiger charge is -2.28. The number of benzene rings is 3. The van der Waals surface area contributed by atoms with Crippen LogP contribution in [0.4, 0.5) is 0 Å². The Kier molecular flexibility index (Phi) is 4.61. The van der Waals surface area contributed by atoms with Gasteiger partial charge in [0.05, 0.1) is 0 Å². The normalized spacial score (nSPS) is 11.1. The van der Waals surface area contributed by atoms with Gasteiger partial charge in [0.2, 0.25) is 0 Å². The molecule has 0 unspecified atom stereocenters. The Bertz CT molecular complexity index is 655. The lowest BCUT2D eigenvalue weighted by molar-refractivity contribution is 1.35. The molecule has 22 heavy (non-hydrogen) atoms. The molecular formula is C21H21P. The summed E-state index contributed by atoms with van der Waals surface area (Å²) in [6.07, 6.45) is 1.06. The maximum atomic E-state index is 2.53. The van der Waals surface area contributed by atoms with Gasteiger partial charge in [0.1, 0.15) is 0 Å². The van der Waals surface area contributed by atoms with Crippen LogP contribution in [-0.4, -0.2) is 5.80 Å². The van der Waals surface area contributed by atoms with Crippen LogP contribution in [0.2, 0.25) is 0 Å². The number of hydrogen-bond donors (Lipinski definition) is 0. The first-order valence-corrected chi connectivity index (χ1v) is 9.63. The molecule has 0 amide bonds. The minimum atomic E-state index is -1.68. The SMILES string of the molecule is CCC=P(c1ccccc1)(c1ccccc1)c1ccccc1. The van der Waals surface area contributed by atoms with E-state index in [1.54, 1.807) is 0 Å². The molecule has 0 nitrogen and oxygen atoms in total. The molecule has 0 saturated carbocycles. The molecule has 0 aromatic heterocycles. The van der Waals surface area contributed by atoms with Crippen molar-refractivity contribution >= 4 is 28.6 Å². The Labute approximate surface area is 133 Å². The zero-order valence-electron chi connectivity index (χ0n) is 12.9. The van der Waals surface area contributed by atoms with E-state index in [1.165, 1.54) is 15.9 Å². The quantitative estimate of drug-likeness (QED) is 0.634. The van der Waals surface area contributed by atoms with Crippen molar-refractivity contribution in [1.82, 2.24) is 0 Å². The molecule has 0 spiro atoms. The Morgan fingerprint density at radius 1 is 0.591 bits per heavy atom. The zero-order chi connectivity index (χ0) is 15.3. The first kappa shape index (κ1) is 14.9. The van der Waals surface area contributed by atoms with E-state index in [0.29, 0.717) is 0 Å². The van der Waals surface area contributed by atoms with E-state index in [2.05, 4.69) is 104 Å². The van der Waals surface area contributed by atoms with Crippen LogP contribution in [0.5, 0.6) is 0 Å². The molecule has 0 atom stereocenters. The molecule has 0 aliphatic rings. The monoisotopic (exact) mass is 304 g/mol. The van der Waals surface area contributed by atoms with Crippen LogP contribution < -0.4 is 15.9 Å². The molecule has 0 aliphatic heterocycles. The van der Waals surface area contributed by atoms with Crippen molar-refractivity contribution in [2.24, 2.45) is 0 Å². The van der Waals surface area contributed by atoms with Gasteiger partial charge in [-0.25, -0.2) is 0 Å². The largest absolute Gasteiger partial charge is 0.0745 e. The maximum absolute atomic E-state index is 2.53. The second kappa shape index (κ2) is 6.81. The summed E-state index contributed by atoms with van der Waals surface area (Å²) in [6, 6.07) is 32.9. The van der Waals surface area contributed by atoms with Gasteiger partial charge in [0.15, 0.2) is 0 Å². The maximum Gasteiger partial charge on any atom is -0.0163 e. The van der Waals surface area contributed by atoms with Gasteiger partial charge >= 0.3 is 0 Å². The molecule has 3 aromatic carbocycles. The van der Waals surface area contributed by atoms with Gasteiger partial charge in [-0.05, 0) is 29.2 Å². The molecular weight excluding hydrogens is 283 g/mol. The van der Waals surface area contributed by atoms with E-state index in [9.17, 15) is 0 Å². The Morgan fingerprint density at radius 2 is 0.909 bits per heavy atom. The number of hydrogen-bond acceptors (Lipinski definition) is 0. The Balaban J connectivity index is 2.38.